The predicted molar refractivity (Wildman–Crippen MR) is 144 cm³/mol. The zero-order valence-electron chi connectivity index (χ0n) is 21.4. The average molecular weight is 513 g/mol. The molecule has 0 radical (unpaired) electrons. The maximum atomic E-state index is 11.7. The first-order valence-corrected chi connectivity index (χ1v) is 12.1. The van der Waals surface area contributed by atoms with E-state index in [2.05, 4.69) is 19.9 Å². The molecule has 0 atom stereocenters. The van der Waals surface area contributed by atoms with Crippen molar-refractivity contribution in [3.05, 3.63) is 91.7 Å². The Hall–Kier alpha value is -4.99. The van der Waals surface area contributed by atoms with Gasteiger partial charge in [0.05, 0.1) is 31.6 Å². The molecule has 0 spiro atoms. The van der Waals surface area contributed by atoms with Gasteiger partial charge in [-0.15, -0.1) is 0 Å². The van der Waals surface area contributed by atoms with Crippen LogP contribution in [0.5, 0.6) is 0 Å². The Bertz CT molecular complexity index is 1520. The molecule has 1 N–H and O–H groups in total. The van der Waals surface area contributed by atoms with E-state index in [4.69, 9.17) is 9.47 Å². The molecular formula is C28H28N6O4. The number of nitrogens with zero attached hydrogens (tertiary/aromatic N) is 5. The fourth-order valence-electron chi connectivity index (χ4n) is 3.60. The van der Waals surface area contributed by atoms with Gasteiger partial charge in [0.15, 0.2) is 0 Å². The number of hydrogen-bond acceptors (Lipinski definition) is 7. The van der Waals surface area contributed by atoms with Crippen molar-refractivity contribution < 1.29 is 19.1 Å². The fraction of sp³-hybridized carbons (Fsp3) is 0.179. The van der Waals surface area contributed by atoms with Crippen molar-refractivity contribution in [3.63, 3.8) is 0 Å². The van der Waals surface area contributed by atoms with Crippen molar-refractivity contribution in [2.24, 2.45) is 4.99 Å². The molecule has 38 heavy (non-hydrogen) atoms. The van der Waals surface area contributed by atoms with Gasteiger partial charge in [0.25, 0.3) is 0 Å². The predicted octanol–water partition coefficient (Wildman–Crippen LogP) is 5.06. The summed E-state index contributed by atoms with van der Waals surface area (Å²) in [4.78, 5) is 38.4. The van der Waals surface area contributed by atoms with E-state index in [1.165, 1.54) is 0 Å². The summed E-state index contributed by atoms with van der Waals surface area (Å²) in [6.07, 6.45) is 10.6. The van der Waals surface area contributed by atoms with Gasteiger partial charge in [-0.3, -0.25) is 0 Å². The molecule has 0 aliphatic carbocycles. The van der Waals surface area contributed by atoms with Gasteiger partial charge < -0.3 is 23.6 Å². The lowest BCUT2D eigenvalue weighted by molar-refractivity contribution is -0.135. The third kappa shape index (κ3) is 6.41. The number of aliphatic imine (C=N–C) groups is 1. The van der Waals surface area contributed by atoms with Crippen LogP contribution in [0.1, 0.15) is 31.3 Å². The van der Waals surface area contributed by atoms with Crippen LogP contribution in [0.4, 0.5) is 5.69 Å². The van der Waals surface area contributed by atoms with Gasteiger partial charge in [0, 0.05) is 47.1 Å². The minimum absolute atomic E-state index is 0.331. The second-order valence-corrected chi connectivity index (χ2v) is 8.05. The molecule has 3 heterocycles. The first-order chi connectivity index (χ1) is 18.5. The van der Waals surface area contributed by atoms with E-state index < -0.39 is 0 Å². The van der Waals surface area contributed by atoms with Gasteiger partial charge in [-0.1, -0.05) is 0 Å². The molecular weight excluding hydrogens is 484 g/mol. The van der Waals surface area contributed by atoms with Crippen LogP contribution in [0.15, 0.2) is 91.0 Å². The van der Waals surface area contributed by atoms with E-state index >= 15 is 0 Å². The van der Waals surface area contributed by atoms with Crippen molar-refractivity contribution in [2.45, 2.75) is 20.8 Å². The molecule has 2 aromatic carbocycles. The Kier molecular flexibility index (Phi) is 8.45. The molecule has 10 nitrogen and oxygen atoms in total. The molecule has 194 valence electrons. The minimum atomic E-state index is -0.388. The highest BCUT2D eigenvalue weighted by atomic mass is 16.5. The molecule has 0 saturated carbocycles. The maximum Gasteiger partial charge on any atom is 0.354 e. The van der Waals surface area contributed by atoms with E-state index in [0.717, 1.165) is 28.0 Å². The lowest BCUT2D eigenvalue weighted by atomic mass is 10.2. The van der Waals surface area contributed by atoms with Gasteiger partial charge in [0.1, 0.15) is 11.4 Å². The summed E-state index contributed by atoms with van der Waals surface area (Å²) in [6.45, 7) is 5.92. The monoisotopic (exact) mass is 512 g/mol. The molecule has 0 fully saturated rings. The van der Waals surface area contributed by atoms with Gasteiger partial charge in [0.2, 0.25) is 0 Å². The first-order valence-electron chi connectivity index (χ1n) is 12.1. The summed E-state index contributed by atoms with van der Waals surface area (Å²) >= 11 is 0. The largest absolute Gasteiger partial charge is 0.462 e. The van der Waals surface area contributed by atoms with E-state index in [1.807, 2.05) is 64.0 Å². The number of nitrogens with one attached hydrogen (secondary N) is 1. The maximum absolute atomic E-state index is 11.7. The summed E-state index contributed by atoms with van der Waals surface area (Å²) < 4.78 is 13.7. The molecule has 5 rings (SSSR count). The van der Waals surface area contributed by atoms with Gasteiger partial charge in [-0.05, 0) is 69.3 Å². The first kappa shape index (κ1) is 26.1. The third-order valence-corrected chi connectivity index (χ3v) is 5.42. The molecule has 0 saturated heterocycles. The summed E-state index contributed by atoms with van der Waals surface area (Å²) in [7, 11) is 0. The van der Waals surface area contributed by atoms with Crippen LogP contribution in [-0.2, 0) is 14.3 Å². The Labute approximate surface area is 219 Å². The molecule has 0 unspecified atom stereocenters. The number of rotatable bonds is 7. The van der Waals surface area contributed by atoms with Crippen LogP contribution >= 0.6 is 0 Å². The molecule has 3 aromatic heterocycles. The number of imidazole rings is 2. The summed E-state index contributed by atoms with van der Waals surface area (Å²) in [5.74, 6) is -0.718. The summed E-state index contributed by atoms with van der Waals surface area (Å²) in [5, 5.41) is 0.967. The van der Waals surface area contributed by atoms with Crippen molar-refractivity contribution in [1.82, 2.24) is 24.1 Å². The lowest BCUT2D eigenvalue weighted by Crippen LogP contribution is -2.13. The molecule has 0 aliphatic rings. The number of H-pyrrole nitrogens is 1. The molecule has 5 aromatic rings. The van der Waals surface area contributed by atoms with E-state index in [-0.39, 0.29) is 11.9 Å². The van der Waals surface area contributed by atoms with Crippen LogP contribution in [0.2, 0.25) is 0 Å². The number of aromatic nitrogens is 5. The van der Waals surface area contributed by atoms with Crippen molar-refractivity contribution in [2.75, 3.05) is 13.2 Å². The van der Waals surface area contributed by atoms with Crippen LogP contribution in [0.25, 0.3) is 22.3 Å². The summed E-state index contributed by atoms with van der Waals surface area (Å²) in [5.41, 5.74) is 4.43. The SMILES string of the molecule is CCOC(=O)C(C)=Nc1ccc(-n2ccnc2)cc1.CCOC(=O)c1cc2cc(-n3ccnc3)ccc2[nH]1. The molecule has 10 heteroatoms. The highest BCUT2D eigenvalue weighted by Crippen LogP contribution is 2.20. The number of aromatic amines is 1. The van der Waals surface area contributed by atoms with E-state index in [9.17, 15) is 9.59 Å². The normalized spacial score (nSPS) is 11.1. The van der Waals surface area contributed by atoms with Crippen molar-refractivity contribution in [1.29, 1.82) is 0 Å². The van der Waals surface area contributed by atoms with Gasteiger partial charge in [-0.2, -0.15) is 0 Å². The number of hydrogen-bond donors (Lipinski definition) is 1. The Balaban J connectivity index is 0.000000177. The van der Waals surface area contributed by atoms with Crippen LogP contribution in [-0.4, -0.2) is 55.0 Å². The number of carbonyl (C=O) groups excluding carboxylic acids is 2. The Morgan fingerprint density at radius 1 is 0.868 bits per heavy atom. The number of fused-ring (bicyclic) bond motifs is 1. The average Bonchev–Trinajstić information content (AvgIpc) is 3.71. The van der Waals surface area contributed by atoms with Gasteiger partial charge in [-0.25, -0.2) is 24.5 Å². The van der Waals surface area contributed by atoms with Gasteiger partial charge >= 0.3 is 11.9 Å². The minimum Gasteiger partial charge on any atom is -0.462 e. The standard InChI is InChI=1S/C14H13N3O2.C14H15N3O2/c1-2-19-14(18)13-8-10-7-11(3-4-12(10)16-13)17-6-5-15-9-17;1-3-19-14(18)11(2)16-12-4-6-13(7-5-12)17-9-8-15-10-17/h3-9,16H,2H2,1H3;4-10H,3H2,1-2H3. The Morgan fingerprint density at radius 3 is 2.11 bits per heavy atom. The fourth-order valence-corrected chi connectivity index (χ4v) is 3.60. The second kappa shape index (κ2) is 12.3. The molecule has 0 bridgehead atoms. The second-order valence-electron chi connectivity index (χ2n) is 8.05. The lowest BCUT2D eigenvalue weighted by Gasteiger charge is -2.03. The number of esters is 2. The van der Waals surface area contributed by atoms with E-state index in [1.54, 1.807) is 51.9 Å². The smallest absolute Gasteiger partial charge is 0.354 e. The highest BCUT2D eigenvalue weighted by molar-refractivity contribution is 6.35. The zero-order valence-corrected chi connectivity index (χ0v) is 21.4. The van der Waals surface area contributed by atoms with Crippen LogP contribution in [0.3, 0.4) is 0 Å². The van der Waals surface area contributed by atoms with Crippen LogP contribution < -0.4 is 0 Å². The third-order valence-electron chi connectivity index (χ3n) is 5.42. The summed E-state index contributed by atoms with van der Waals surface area (Å²) in [6, 6.07) is 15.2. The number of benzene rings is 2. The van der Waals surface area contributed by atoms with Crippen molar-refractivity contribution >= 4 is 34.2 Å². The topological polar surface area (TPSA) is 116 Å². The molecule has 0 aliphatic heterocycles. The number of carbonyl (C=O) groups is 2. The van der Waals surface area contributed by atoms with Crippen molar-refractivity contribution in [3.8, 4) is 11.4 Å². The number of ether oxygens (including phenoxy) is 2. The Morgan fingerprint density at radius 2 is 1.50 bits per heavy atom. The quantitative estimate of drug-likeness (QED) is 0.241. The highest BCUT2D eigenvalue weighted by Gasteiger charge is 2.11. The molecule has 0 amide bonds. The van der Waals surface area contributed by atoms with Crippen LogP contribution in [0, 0.1) is 0 Å². The zero-order chi connectivity index (χ0) is 26.9. The van der Waals surface area contributed by atoms with E-state index in [0.29, 0.717) is 24.6 Å².